The van der Waals surface area contributed by atoms with Crippen LogP contribution >= 0.6 is 0 Å². The number of nitrogen functional groups attached to an aromatic ring is 1. The molecule has 0 aliphatic heterocycles. The number of hydrogen-bond acceptors (Lipinski definition) is 5. The fourth-order valence-electron chi connectivity index (χ4n) is 1.96. The highest BCUT2D eigenvalue weighted by molar-refractivity contribution is 5.99. The molecule has 2 aromatic rings. The van der Waals surface area contributed by atoms with Crippen molar-refractivity contribution in [2.24, 2.45) is 0 Å². The van der Waals surface area contributed by atoms with Crippen molar-refractivity contribution in [3.05, 3.63) is 23.7 Å². The van der Waals surface area contributed by atoms with Crippen molar-refractivity contribution in [2.75, 3.05) is 11.1 Å². The van der Waals surface area contributed by atoms with E-state index in [9.17, 15) is 14.7 Å². The van der Waals surface area contributed by atoms with Crippen molar-refractivity contribution in [3.8, 4) is 0 Å². The van der Waals surface area contributed by atoms with Crippen molar-refractivity contribution in [1.82, 2.24) is 19.6 Å². The summed E-state index contributed by atoms with van der Waals surface area (Å²) in [5.41, 5.74) is 6.39. The summed E-state index contributed by atoms with van der Waals surface area (Å²) >= 11 is 0. The lowest BCUT2D eigenvalue weighted by Gasteiger charge is -2.07. The normalized spacial score (nSPS) is 10.6. The minimum Gasteiger partial charge on any atom is -0.476 e. The number of rotatable bonds is 5. The molecule has 0 atom stereocenters. The van der Waals surface area contributed by atoms with E-state index in [0.717, 1.165) is 5.69 Å². The van der Waals surface area contributed by atoms with Crippen molar-refractivity contribution < 1.29 is 14.7 Å². The highest BCUT2D eigenvalue weighted by Gasteiger charge is 2.19. The molecule has 0 unspecified atom stereocenters. The summed E-state index contributed by atoms with van der Waals surface area (Å²) in [6.45, 7) is 3.88. The maximum absolute atomic E-state index is 12.0. The predicted octanol–water partition coefficient (Wildman–Crippen LogP) is 0.327. The smallest absolute Gasteiger partial charge is 0.356 e. The molecule has 0 saturated heterocycles. The van der Waals surface area contributed by atoms with Crippen molar-refractivity contribution in [1.29, 1.82) is 0 Å². The summed E-state index contributed by atoms with van der Waals surface area (Å²) in [5, 5.41) is 19.6. The second-order valence-corrected chi connectivity index (χ2v) is 4.44. The van der Waals surface area contributed by atoms with Gasteiger partial charge in [-0.2, -0.15) is 10.2 Å². The number of carboxylic acid groups (broad SMARTS) is 1. The van der Waals surface area contributed by atoms with E-state index >= 15 is 0 Å². The number of nitrogens with two attached hydrogens (primary N) is 1. The minimum atomic E-state index is -1.15. The minimum absolute atomic E-state index is 0.0532. The van der Waals surface area contributed by atoms with Crippen LogP contribution in [0, 0.1) is 6.92 Å². The van der Waals surface area contributed by atoms with Crippen LogP contribution in [0.25, 0.3) is 0 Å². The summed E-state index contributed by atoms with van der Waals surface area (Å²) in [5.74, 6) is -1.23. The van der Waals surface area contributed by atoms with E-state index in [1.54, 1.807) is 19.9 Å². The molecule has 0 fully saturated rings. The largest absolute Gasteiger partial charge is 0.476 e. The molecule has 0 bridgehead atoms. The second-order valence-electron chi connectivity index (χ2n) is 4.44. The highest BCUT2D eigenvalue weighted by atomic mass is 16.4. The quantitative estimate of drug-likeness (QED) is 0.728. The first-order valence-electron chi connectivity index (χ1n) is 6.31. The van der Waals surface area contributed by atoms with Gasteiger partial charge in [-0.25, -0.2) is 4.79 Å². The number of anilines is 2. The molecule has 4 N–H and O–H groups in total. The molecule has 1 amide bonds. The Hall–Kier alpha value is -2.84. The van der Waals surface area contributed by atoms with Crippen LogP contribution in [0.4, 0.5) is 11.5 Å². The van der Waals surface area contributed by atoms with Gasteiger partial charge in [0.15, 0.2) is 5.69 Å². The second kappa shape index (κ2) is 5.65. The predicted molar refractivity (Wildman–Crippen MR) is 74.9 cm³/mol. The van der Waals surface area contributed by atoms with Crippen LogP contribution in [0.1, 0.15) is 23.1 Å². The van der Waals surface area contributed by atoms with Gasteiger partial charge in [-0.1, -0.05) is 0 Å². The lowest BCUT2D eigenvalue weighted by molar-refractivity contribution is -0.116. The fraction of sp³-hybridized carbons (Fsp3) is 0.333. The Kier molecular flexibility index (Phi) is 3.92. The fourth-order valence-corrected chi connectivity index (χ4v) is 1.96. The number of hydrogen-bond donors (Lipinski definition) is 3. The number of carboxylic acids is 1. The number of carbonyl (C=O) groups excluding carboxylic acids is 1. The van der Waals surface area contributed by atoms with Gasteiger partial charge in [0, 0.05) is 18.3 Å². The number of carbonyl (C=O) groups is 2. The van der Waals surface area contributed by atoms with Crippen molar-refractivity contribution in [3.63, 3.8) is 0 Å². The summed E-state index contributed by atoms with van der Waals surface area (Å²) in [6.07, 6.45) is 1.31. The number of aromatic nitrogens is 4. The Morgan fingerprint density at radius 3 is 2.67 bits per heavy atom. The third kappa shape index (κ3) is 3.02. The molecule has 0 saturated carbocycles. The van der Waals surface area contributed by atoms with Gasteiger partial charge in [0.1, 0.15) is 12.4 Å². The zero-order chi connectivity index (χ0) is 15.6. The summed E-state index contributed by atoms with van der Waals surface area (Å²) in [7, 11) is 0. The SMILES string of the molecule is CCn1ncc(NC(=O)Cn2nc(N)cc2C)c1C(=O)O. The van der Waals surface area contributed by atoms with Gasteiger partial charge >= 0.3 is 5.97 Å². The molecule has 0 aliphatic carbocycles. The van der Waals surface area contributed by atoms with E-state index in [0.29, 0.717) is 12.4 Å². The molecule has 112 valence electrons. The summed E-state index contributed by atoms with van der Waals surface area (Å²) < 4.78 is 2.74. The molecule has 0 spiro atoms. The van der Waals surface area contributed by atoms with E-state index in [1.165, 1.54) is 15.6 Å². The third-order valence-electron chi connectivity index (χ3n) is 2.91. The first-order chi connectivity index (χ1) is 9.92. The first-order valence-corrected chi connectivity index (χ1v) is 6.31. The molecule has 2 aromatic heterocycles. The van der Waals surface area contributed by atoms with Crippen LogP contribution in [0.15, 0.2) is 12.3 Å². The van der Waals surface area contributed by atoms with E-state index in [-0.39, 0.29) is 17.9 Å². The van der Waals surface area contributed by atoms with Gasteiger partial charge in [0.05, 0.1) is 11.9 Å². The van der Waals surface area contributed by atoms with E-state index in [1.807, 2.05) is 0 Å². The standard InChI is InChI=1S/C12H16N6O3/c1-3-17-11(12(20)21)8(5-14-17)15-10(19)6-18-7(2)4-9(13)16-18/h4-5H,3,6H2,1-2H3,(H2,13,16)(H,15,19)(H,20,21). The molecule has 21 heavy (non-hydrogen) atoms. The van der Waals surface area contributed by atoms with Crippen molar-refractivity contribution in [2.45, 2.75) is 26.9 Å². The van der Waals surface area contributed by atoms with Gasteiger partial charge < -0.3 is 16.2 Å². The monoisotopic (exact) mass is 292 g/mol. The Labute approximate surface area is 120 Å². The van der Waals surface area contributed by atoms with Crippen LogP contribution < -0.4 is 11.1 Å². The van der Waals surface area contributed by atoms with Crippen LogP contribution in [-0.4, -0.2) is 36.5 Å². The van der Waals surface area contributed by atoms with Crippen LogP contribution in [-0.2, 0) is 17.9 Å². The zero-order valence-electron chi connectivity index (χ0n) is 11.7. The van der Waals surface area contributed by atoms with E-state index in [2.05, 4.69) is 15.5 Å². The van der Waals surface area contributed by atoms with Crippen LogP contribution in [0.5, 0.6) is 0 Å². The number of amides is 1. The van der Waals surface area contributed by atoms with Gasteiger partial charge in [-0.15, -0.1) is 0 Å². The number of aromatic carboxylic acids is 1. The van der Waals surface area contributed by atoms with Gasteiger partial charge in [0.25, 0.3) is 0 Å². The molecule has 2 heterocycles. The Morgan fingerprint density at radius 2 is 2.14 bits per heavy atom. The van der Waals surface area contributed by atoms with Gasteiger partial charge in [0.2, 0.25) is 5.91 Å². The van der Waals surface area contributed by atoms with Gasteiger partial charge in [-0.05, 0) is 13.8 Å². The zero-order valence-corrected chi connectivity index (χ0v) is 11.7. The topological polar surface area (TPSA) is 128 Å². The molecule has 0 aromatic carbocycles. The van der Waals surface area contributed by atoms with Crippen LogP contribution in [0.3, 0.4) is 0 Å². The third-order valence-corrected chi connectivity index (χ3v) is 2.91. The van der Waals surface area contributed by atoms with Crippen LogP contribution in [0.2, 0.25) is 0 Å². The van der Waals surface area contributed by atoms with Gasteiger partial charge in [-0.3, -0.25) is 14.2 Å². The number of aryl methyl sites for hydroxylation is 2. The lowest BCUT2D eigenvalue weighted by Crippen LogP contribution is -2.21. The Bertz CT molecular complexity index is 687. The Balaban J connectivity index is 2.15. The number of nitrogens with one attached hydrogen (secondary N) is 1. The Morgan fingerprint density at radius 1 is 1.43 bits per heavy atom. The number of nitrogens with zero attached hydrogens (tertiary/aromatic N) is 4. The lowest BCUT2D eigenvalue weighted by atomic mass is 10.3. The maximum Gasteiger partial charge on any atom is 0.356 e. The molecule has 0 aliphatic rings. The molecular weight excluding hydrogens is 276 g/mol. The molecule has 9 heteroatoms. The van der Waals surface area contributed by atoms with E-state index < -0.39 is 11.9 Å². The summed E-state index contributed by atoms with van der Waals surface area (Å²) in [4.78, 5) is 23.2. The highest BCUT2D eigenvalue weighted by Crippen LogP contribution is 2.15. The molecule has 2 rings (SSSR count). The molecular formula is C12H16N6O3. The summed E-state index contributed by atoms with van der Waals surface area (Å²) in [6, 6.07) is 1.64. The average Bonchev–Trinajstić information content (AvgIpc) is 2.93. The maximum atomic E-state index is 12.0. The molecule has 0 radical (unpaired) electrons. The van der Waals surface area contributed by atoms with E-state index in [4.69, 9.17) is 5.73 Å². The average molecular weight is 292 g/mol. The molecule has 9 nitrogen and oxygen atoms in total. The van der Waals surface area contributed by atoms with Crippen molar-refractivity contribution >= 4 is 23.4 Å². The first kappa shape index (κ1) is 14.6.